The Bertz CT molecular complexity index is 415. The summed E-state index contributed by atoms with van der Waals surface area (Å²) < 4.78 is 1.98. The van der Waals surface area contributed by atoms with E-state index in [1.54, 1.807) is 0 Å². The predicted octanol–water partition coefficient (Wildman–Crippen LogP) is 1.17. The molecule has 1 saturated heterocycles. The molecule has 2 heterocycles. The highest BCUT2D eigenvalue weighted by molar-refractivity contribution is 5.82. The van der Waals surface area contributed by atoms with Crippen LogP contribution in [0.4, 0.5) is 0 Å². The maximum absolute atomic E-state index is 12.0. The van der Waals surface area contributed by atoms with E-state index >= 15 is 0 Å². The number of nitrogens with zero attached hydrogens (tertiary/aromatic N) is 3. The van der Waals surface area contributed by atoms with Gasteiger partial charge in [0.25, 0.3) is 0 Å². The van der Waals surface area contributed by atoms with Crippen molar-refractivity contribution in [2.75, 3.05) is 13.1 Å². The molecule has 2 unspecified atom stereocenters. The van der Waals surface area contributed by atoms with Gasteiger partial charge in [0, 0.05) is 25.3 Å². The third-order valence-corrected chi connectivity index (χ3v) is 3.57. The molecule has 0 saturated carbocycles. The standard InChI is InChI=1S/C13H22N4O/c1-4-10(2)17-7-5-12(15-17)9-16-8-6-14-11(3)13(16)18/h5,7,10-11,14H,4,6,8-9H2,1-3H3. The molecule has 1 aromatic rings. The van der Waals surface area contributed by atoms with Crippen molar-refractivity contribution in [2.24, 2.45) is 0 Å². The summed E-state index contributed by atoms with van der Waals surface area (Å²) in [7, 11) is 0. The number of rotatable bonds is 4. The van der Waals surface area contributed by atoms with E-state index in [9.17, 15) is 4.79 Å². The molecule has 0 aromatic carbocycles. The topological polar surface area (TPSA) is 50.2 Å². The lowest BCUT2D eigenvalue weighted by molar-refractivity contribution is -0.135. The van der Waals surface area contributed by atoms with E-state index in [0.29, 0.717) is 12.6 Å². The van der Waals surface area contributed by atoms with Crippen LogP contribution in [-0.4, -0.2) is 39.7 Å². The maximum Gasteiger partial charge on any atom is 0.239 e. The highest BCUT2D eigenvalue weighted by Crippen LogP contribution is 2.11. The summed E-state index contributed by atoms with van der Waals surface area (Å²) in [6.07, 6.45) is 3.06. The number of aromatic nitrogens is 2. The minimum Gasteiger partial charge on any atom is -0.334 e. The smallest absolute Gasteiger partial charge is 0.239 e. The van der Waals surface area contributed by atoms with Crippen LogP contribution in [0.5, 0.6) is 0 Å². The molecule has 0 spiro atoms. The molecule has 2 rings (SSSR count). The number of nitrogens with one attached hydrogen (secondary N) is 1. The van der Waals surface area contributed by atoms with Gasteiger partial charge in [-0.1, -0.05) is 6.92 Å². The molecule has 1 aliphatic rings. The molecule has 5 nitrogen and oxygen atoms in total. The second-order valence-electron chi connectivity index (χ2n) is 4.98. The Hall–Kier alpha value is -1.36. The van der Waals surface area contributed by atoms with Gasteiger partial charge in [-0.2, -0.15) is 5.10 Å². The van der Waals surface area contributed by atoms with Gasteiger partial charge >= 0.3 is 0 Å². The van der Waals surface area contributed by atoms with Gasteiger partial charge in [-0.05, 0) is 26.3 Å². The zero-order valence-electron chi connectivity index (χ0n) is 11.4. The van der Waals surface area contributed by atoms with Crippen molar-refractivity contribution in [3.63, 3.8) is 0 Å². The summed E-state index contributed by atoms with van der Waals surface area (Å²) >= 11 is 0. The van der Waals surface area contributed by atoms with Crippen molar-refractivity contribution in [1.29, 1.82) is 0 Å². The van der Waals surface area contributed by atoms with Crippen molar-refractivity contribution >= 4 is 5.91 Å². The molecule has 2 atom stereocenters. The highest BCUT2D eigenvalue weighted by Gasteiger charge is 2.25. The molecule has 0 bridgehead atoms. The van der Waals surface area contributed by atoms with Crippen LogP contribution in [0.25, 0.3) is 0 Å². The van der Waals surface area contributed by atoms with Gasteiger partial charge < -0.3 is 10.2 Å². The molecular weight excluding hydrogens is 228 g/mol. The average molecular weight is 250 g/mol. The van der Waals surface area contributed by atoms with Gasteiger partial charge in [-0.25, -0.2) is 0 Å². The van der Waals surface area contributed by atoms with Crippen LogP contribution in [0.3, 0.4) is 0 Å². The third-order valence-electron chi connectivity index (χ3n) is 3.57. The Kier molecular flexibility index (Phi) is 4.01. The fraction of sp³-hybridized carbons (Fsp3) is 0.692. The van der Waals surface area contributed by atoms with Crippen LogP contribution in [0, 0.1) is 0 Å². The van der Waals surface area contributed by atoms with Gasteiger partial charge in [0.2, 0.25) is 5.91 Å². The molecule has 1 amide bonds. The molecule has 1 aromatic heterocycles. The first-order chi connectivity index (χ1) is 8.61. The Balaban J connectivity index is 2.00. The van der Waals surface area contributed by atoms with Gasteiger partial charge in [0.05, 0.1) is 18.3 Å². The van der Waals surface area contributed by atoms with Crippen molar-refractivity contribution in [1.82, 2.24) is 20.0 Å². The highest BCUT2D eigenvalue weighted by atomic mass is 16.2. The van der Waals surface area contributed by atoms with E-state index < -0.39 is 0 Å². The predicted molar refractivity (Wildman–Crippen MR) is 70.1 cm³/mol. The fourth-order valence-corrected chi connectivity index (χ4v) is 2.13. The number of carbonyl (C=O) groups excluding carboxylic acids is 1. The van der Waals surface area contributed by atoms with Crippen molar-refractivity contribution in [3.05, 3.63) is 18.0 Å². The first kappa shape index (κ1) is 13.1. The molecule has 5 heteroatoms. The van der Waals surface area contributed by atoms with Gasteiger partial charge in [0.1, 0.15) is 0 Å². The average Bonchev–Trinajstić information content (AvgIpc) is 2.82. The van der Waals surface area contributed by atoms with E-state index in [4.69, 9.17) is 0 Å². The number of piperazine rings is 1. The molecule has 0 aliphatic carbocycles. The Labute approximate surface area is 108 Å². The lowest BCUT2D eigenvalue weighted by Crippen LogP contribution is -2.53. The quantitative estimate of drug-likeness (QED) is 0.873. The summed E-state index contributed by atoms with van der Waals surface area (Å²) in [4.78, 5) is 13.8. The second-order valence-corrected chi connectivity index (χ2v) is 4.98. The van der Waals surface area contributed by atoms with E-state index in [-0.39, 0.29) is 11.9 Å². The lowest BCUT2D eigenvalue weighted by Gasteiger charge is -2.30. The molecule has 18 heavy (non-hydrogen) atoms. The molecule has 100 valence electrons. The third kappa shape index (κ3) is 2.72. The molecule has 1 fully saturated rings. The number of hydrogen-bond donors (Lipinski definition) is 1. The van der Waals surface area contributed by atoms with Crippen LogP contribution in [0.15, 0.2) is 12.3 Å². The van der Waals surface area contributed by atoms with E-state index in [1.165, 1.54) is 0 Å². The molecular formula is C13H22N4O. The summed E-state index contributed by atoms with van der Waals surface area (Å²) in [6, 6.07) is 2.35. The largest absolute Gasteiger partial charge is 0.334 e. The summed E-state index contributed by atoms with van der Waals surface area (Å²) in [5.74, 6) is 0.166. The molecule has 1 aliphatic heterocycles. The number of hydrogen-bond acceptors (Lipinski definition) is 3. The zero-order valence-corrected chi connectivity index (χ0v) is 11.4. The van der Waals surface area contributed by atoms with Crippen LogP contribution in [0.2, 0.25) is 0 Å². The Morgan fingerprint density at radius 1 is 1.61 bits per heavy atom. The minimum absolute atomic E-state index is 0.0737. The van der Waals surface area contributed by atoms with Crippen molar-refractivity contribution < 1.29 is 4.79 Å². The zero-order chi connectivity index (χ0) is 13.1. The SMILES string of the molecule is CCC(C)n1ccc(CN2CCNC(C)C2=O)n1. The van der Waals surface area contributed by atoms with Crippen LogP contribution >= 0.6 is 0 Å². The van der Waals surface area contributed by atoms with Crippen LogP contribution in [0.1, 0.15) is 38.9 Å². The van der Waals surface area contributed by atoms with Gasteiger partial charge in [-0.15, -0.1) is 0 Å². The maximum atomic E-state index is 12.0. The van der Waals surface area contributed by atoms with Crippen molar-refractivity contribution in [3.8, 4) is 0 Å². The second kappa shape index (κ2) is 5.52. The van der Waals surface area contributed by atoms with Crippen LogP contribution in [-0.2, 0) is 11.3 Å². The molecule has 0 radical (unpaired) electrons. The van der Waals surface area contributed by atoms with E-state index in [0.717, 1.165) is 25.2 Å². The number of amides is 1. The first-order valence-electron chi connectivity index (χ1n) is 6.68. The first-order valence-corrected chi connectivity index (χ1v) is 6.68. The van der Waals surface area contributed by atoms with E-state index in [1.807, 2.05) is 28.8 Å². The summed E-state index contributed by atoms with van der Waals surface area (Å²) in [5, 5.41) is 7.70. The summed E-state index contributed by atoms with van der Waals surface area (Å²) in [6.45, 7) is 8.45. The number of carbonyl (C=O) groups is 1. The summed E-state index contributed by atoms with van der Waals surface area (Å²) in [5.41, 5.74) is 0.970. The lowest BCUT2D eigenvalue weighted by atomic mass is 10.2. The normalized spacial score (nSPS) is 22.3. The van der Waals surface area contributed by atoms with E-state index in [2.05, 4.69) is 24.3 Å². The van der Waals surface area contributed by atoms with Crippen molar-refractivity contribution in [2.45, 2.75) is 45.8 Å². The fourth-order valence-electron chi connectivity index (χ4n) is 2.13. The molecule has 1 N–H and O–H groups in total. The van der Waals surface area contributed by atoms with Gasteiger partial charge in [0.15, 0.2) is 0 Å². The van der Waals surface area contributed by atoms with Gasteiger partial charge in [-0.3, -0.25) is 9.48 Å². The Morgan fingerprint density at radius 3 is 3.11 bits per heavy atom. The van der Waals surface area contributed by atoms with Crippen LogP contribution < -0.4 is 5.32 Å². The monoisotopic (exact) mass is 250 g/mol. The minimum atomic E-state index is -0.0737. The Morgan fingerprint density at radius 2 is 2.39 bits per heavy atom.